The first-order valence-corrected chi connectivity index (χ1v) is 46.3. The smallest absolute Gasteiger partial charge is 0.294 e. The third-order valence-corrected chi connectivity index (χ3v) is 25.4. The van der Waals surface area contributed by atoms with Crippen LogP contribution in [0.3, 0.4) is 0 Å². The number of likely N-dealkylation sites (N-methyl/N-ethyl adjacent to an activating group) is 2. The molecule has 0 unspecified atom stereocenters. The first-order chi connectivity index (χ1) is 53.0. The summed E-state index contributed by atoms with van der Waals surface area (Å²) >= 11 is 12.8. The molecule has 4 fully saturated rings. The number of nitrogen functional groups attached to an aromatic ring is 1. The molecule has 0 amide bonds. The minimum Gasteiger partial charge on any atom is -0.495 e. The first kappa shape index (κ1) is 87.6. The Morgan fingerprint density at radius 2 is 1.05 bits per heavy atom. The molecule has 7 N–H and O–H groups in total. The second-order valence-electron chi connectivity index (χ2n) is 28.8. The molecule has 13 rings (SSSR count). The van der Waals surface area contributed by atoms with E-state index in [0.29, 0.717) is 61.2 Å². The van der Waals surface area contributed by atoms with Crippen LogP contribution in [0, 0.1) is 6.92 Å². The Hall–Kier alpha value is -7.36. The van der Waals surface area contributed by atoms with E-state index in [1.54, 1.807) is 77.9 Å². The van der Waals surface area contributed by atoms with Crippen LogP contribution in [0.4, 0.5) is 51.7 Å². The number of piperazine rings is 2. The second-order valence-corrected chi connectivity index (χ2v) is 38.6. The summed E-state index contributed by atoms with van der Waals surface area (Å²) in [6, 6.07) is 34.8. The van der Waals surface area contributed by atoms with Gasteiger partial charge in [-0.3, -0.25) is 14.4 Å². The molecule has 9 aromatic rings. The zero-order valence-corrected chi connectivity index (χ0v) is 72.4. The number of aliphatic hydroxyl groups excluding tert-OH is 1. The number of piperidine rings is 2. The van der Waals surface area contributed by atoms with E-state index in [9.17, 15) is 17.5 Å². The topological polar surface area (TPSA) is 287 Å². The highest BCUT2D eigenvalue weighted by molar-refractivity contribution is 9.11. The van der Waals surface area contributed by atoms with Crippen LogP contribution in [0.5, 0.6) is 11.5 Å². The number of unbranched alkanes of at least 4 members (excludes halogenated alkanes) is 1. The van der Waals surface area contributed by atoms with Crippen LogP contribution in [-0.2, 0) is 32.1 Å². The summed E-state index contributed by atoms with van der Waals surface area (Å²) in [5, 5.41) is 19.6. The average molecular weight is 1730 g/mol. The van der Waals surface area contributed by atoms with Crippen molar-refractivity contribution in [3.63, 3.8) is 0 Å². The van der Waals surface area contributed by atoms with Gasteiger partial charge < -0.3 is 73.8 Å². The number of nitrogens with one attached hydrogen (secondary N) is 3. The molecule has 4 saturated heterocycles. The van der Waals surface area contributed by atoms with Gasteiger partial charge in [0.2, 0.25) is 11.2 Å². The number of rotatable bonds is 21. The van der Waals surface area contributed by atoms with Gasteiger partial charge >= 0.3 is 0 Å². The van der Waals surface area contributed by atoms with Crippen molar-refractivity contribution in [2.45, 2.75) is 96.0 Å². The van der Waals surface area contributed by atoms with Crippen LogP contribution in [0.15, 0.2) is 157 Å². The monoisotopic (exact) mass is 1720 g/mol. The van der Waals surface area contributed by atoms with Crippen molar-refractivity contribution in [1.82, 2.24) is 39.5 Å². The van der Waals surface area contributed by atoms with Crippen molar-refractivity contribution in [3.05, 3.63) is 165 Å². The van der Waals surface area contributed by atoms with E-state index in [4.69, 9.17) is 50.3 Å². The third-order valence-electron chi connectivity index (χ3n) is 20.1. The lowest BCUT2D eigenvalue weighted by molar-refractivity contribution is 0.0982. The van der Waals surface area contributed by atoms with E-state index in [-0.39, 0.29) is 10.2 Å². The SMILES string of the molecule is CCCCO.CCc1cc(N)c(OC)cc1N1CCC(N2CCN(C)CC2)CC1.CCc1cc(Nc2ncc(Br)c(Nc3ccc(-c4ccco4)cc3P(C)(C)=O)n2)c(OC)cc1N1CCC(N2CCN(C)CC2)CC1.CP(C)(=O)c1cc(-c2ccco2)ccc1Nc1nc(Cl)ncc1Br.Cc1ccc(S(=O)(=O)O)cc1. The molecule has 0 atom stereocenters. The van der Waals surface area contributed by atoms with Gasteiger partial charge in [-0.1, -0.05) is 44.9 Å². The van der Waals surface area contributed by atoms with Crippen molar-refractivity contribution >= 4 is 130 Å². The summed E-state index contributed by atoms with van der Waals surface area (Å²) in [7, 11) is -1.39. The molecule has 0 spiro atoms. The molecule has 4 aliphatic rings. The number of nitrogens with zero attached hydrogens (tertiary/aromatic N) is 10. The maximum Gasteiger partial charge on any atom is 0.294 e. The summed E-state index contributed by atoms with van der Waals surface area (Å²) in [6.45, 7) is 29.4. The predicted molar refractivity (Wildman–Crippen MR) is 462 cm³/mol. The normalized spacial score (nSPS) is 15.7. The highest BCUT2D eigenvalue weighted by atomic mass is 79.9. The van der Waals surface area contributed by atoms with Gasteiger partial charge in [0.25, 0.3) is 10.1 Å². The largest absolute Gasteiger partial charge is 0.495 e. The summed E-state index contributed by atoms with van der Waals surface area (Å²) < 4.78 is 79.4. The maximum atomic E-state index is 13.4. The molecular weight excluding hydrogens is 1620 g/mol. The number of hydrogen-bond donors (Lipinski definition) is 6. The fourth-order valence-electron chi connectivity index (χ4n) is 13.7. The Kier molecular flexibility index (Phi) is 32.4. The Labute approximate surface area is 677 Å². The molecule has 0 aliphatic carbocycles. The van der Waals surface area contributed by atoms with Gasteiger partial charge in [-0.15, -0.1) is 0 Å². The van der Waals surface area contributed by atoms with Gasteiger partial charge in [-0.25, -0.2) is 9.97 Å². The van der Waals surface area contributed by atoms with Crippen LogP contribution in [0.1, 0.15) is 76.0 Å². The number of aliphatic hydroxyl groups is 1. The zero-order valence-electron chi connectivity index (χ0n) is 65.9. The molecule has 0 saturated carbocycles. The number of methoxy groups -OCH3 is 2. The highest BCUT2D eigenvalue weighted by Gasteiger charge is 2.31. The molecule has 4 aliphatic heterocycles. The van der Waals surface area contributed by atoms with E-state index in [1.165, 1.54) is 99.6 Å². The van der Waals surface area contributed by atoms with Crippen molar-refractivity contribution in [1.29, 1.82) is 0 Å². The third kappa shape index (κ3) is 24.8. The maximum absolute atomic E-state index is 13.4. The van der Waals surface area contributed by atoms with Crippen LogP contribution >= 0.6 is 57.7 Å². The van der Waals surface area contributed by atoms with Gasteiger partial charge in [-0.2, -0.15) is 18.4 Å². The Morgan fingerprint density at radius 1 is 0.595 bits per heavy atom. The van der Waals surface area contributed by atoms with Crippen LogP contribution < -0.4 is 51.6 Å². The van der Waals surface area contributed by atoms with E-state index in [0.717, 1.165) is 122 Å². The molecule has 8 heterocycles. The Balaban J connectivity index is 0.000000185. The van der Waals surface area contributed by atoms with Crippen molar-refractivity contribution in [3.8, 4) is 34.1 Å². The van der Waals surface area contributed by atoms with E-state index >= 15 is 0 Å². The lowest BCUT2D eigenvalue weighted by Gasteiger charge is -2.43. The molecule has 600 valence electrons. The molecule has 24 nitrogen and oxygen atoms in total. The molecule has 0 bridgehead atoms. The van der Waals surface area contributed by atoms with Crippen molar-refractivity contribution in [2.24, 2.45) is 0 Å². The summed E-state index contributed by atoms with van der Waals surface area (Å²) in [5.41, 5.74) is 16.9. The van der Waals surface area contributed by atoms with Crippen molar-refractivity contribution < 1.29 is 45.5 Å². The summed E-state index contributed by atoms with van der Waals surface area (Å²) in [5.74, 6) is 4.47. The second kappa shape index (κ2) is 41.1. The highest BCUT2D eigenvalue weighted by Crippen LogP contribution is 2.44. The molecule has 111 heavy (non-hydrogen) atoms. The number of aromatic nitrogens is 4. The number of halogens is 3. The molecule has 5 aromatic carbocycles. The van der Waals surface area contributed by atoms with Crippen LogP contribution in [0.25, 0.3) is 22.6 Å². The minimum absolute atomic E-state index is 0.0666. The van der Waals surface area contributed by atoms with Crippen LogP contribution in [-0.4, -0.2) is 210 Å². The lowest BCUT2D eigenvalue weighted by Crippen LogP contribution is -2.52. The van der Waals surface area contributed by atoms with Gasteiger partial charge in [0.15, 0.2) is 0 Å². The first-order valence-electron chi connectivity index (χ1n) is 37.7. The van der Waals surface area contributed by atoms with Gasteiger partial charge in [0, 0.05) is 155 Å². The fraction of sp³-hybridized carbons (Fsp3) is 0.432. The quantitative estimate of drug-likeness (QED) is 0.0169. The Bertz CT molecular complexity index is 4680. The minimum atomic E-state index is -4.02. The van der Waals surface area contributed by atoms with E-state index in [2.05, 4.69) is 151 Å². The molecule has 0 radical (unpaired) electrons. The molecule has 4 aromatic heterocycles. The van der Waals surface area contributed by atoms with Crippen molar-refractivity contribution in [2.75, 3.05) is 172 Å². The fourth-order valence-corrected chi connectivity index (χ4v) is 17.2. The van der Waals surface area contributed by atoms with Gasteiger partial charge in [-0.05, 0) is 232 Å². The van der Waals surface area contributed by atoms with Crippen LogP contribution in [0.2, 0.25) is 5.28 Å². The number of anilines is 9. The summed E-state index contributed by atoms with van der Waals surface area (Å²) in [6.07, 6.45) is 15.3. The molecular formula is C81H109Br2ClN14O10P2S. The van der Waals surface area contributed by atoms with Gasteiger partial charge in [0.05, 0.1) is 63.3 Å². The number of nitrogens with two attached hydrogens (primary N) is 1. The Morgan fingerprint density at radius 3 is 1.45 bits per heavy atom. The number of aryl methyl sites for hydroxylation is 3. The lowest BCUT2D eigenvalue weighted by atomic mass is 9.99. The van der Waals surface area contributed by atoms with E-state index < -0.39 is 24.4 Å². The molecule has 30 heteroatoms. The van der Waals surface area contributed by atoms with Gasteiger partial charge in [0.1, 0.15) is 48.9 Å². The zero-order chi connectivity index (χ0) is 80.2. The predicted octanol–water partition coefficient (Wildman–Crippen LogP) is 16.2. The number of furan rings is 2. The number of hydrogen-bond acceptors (Lipinski definition) is 23. The average Bonchev–Trinajstić information content (AvgIpc) is 1.42. The van der Waals surface area contributed by atoms with E-state index in [1.807, 2.05) is 67.6 Å². The summed E-state index contributed by atoms with van der Waals surface area (Å²) in [4.78, 5) is 32.6. The number of ether oxygens (including phenoxy) is 2. The number of benzene rings is 5. The standard InChI is InChI=1S/C35H45BrN7O3P.C19H32N4O.C16H14BrClN3O2P.C7H8O3S.C4H10O/c1-6-24-20-29(32(45-3)22-30(24)43-13-11-26(12-14-43)42-17-15-41(2)16-18-42)39-35-37-23-27(36)34(40-35)38-28-10-9-25(31-8-7-19-46-31)21-33(28)47(4,5)44;1-4-15-13-17(20)19(24-3)14-18(15)23-7-5-16(6-8-23)22-11-9-21(2)10-12-22;1-24(2,22)14-8-10(13-4-3-7-23-13)5-6-12(14)20-15-11(17)9-19-16(18)21-15;1-6-2-4-7(5-3-6)11(8,9)10;1-2-3-4-5/h7-10,19-23,26H,6,11-18H2,1-5H3,(H2,37,38,39,40);13-14,16H,4-12,20H2,1-3H3;3-9H,1-2H3,(H,19,20,21);2-5H,1H3,(H,8,9,10);5H,2-4H2,1H3.